The van der Waals surface area contributed by atoms with E-state index in [0.717, 1.165) is 30.4 Å². The average Bonchev–Trinajstić information content (AvgIpc) is 2.86. The summed E-state index contributed by atoms with van der Waals surface area (Å²) in [4.78, 5) is 24.4. The molecular weight excluding hydrogens is 428 g/mol. The van der Waals surface area contributed by atoms with Crippen molar-refractivity contribution in [1.82, 2.24) is 0 Å². The van der Waals surface area contributed by atoms with Gasteiger partial charge in [0.05, 0.1) is 11.7 Å². The molecule has 5 heteroatoms. The third kappa shape index (κ3) is 9.30. The Morgan fingerprint density at radius 1 is 0.824 bits per heavy atom. The van der Waals surface area contributed by atoms with Crippen LogP contribution in [0.4, 0.5) is 0 Å². The first kappa shape index (κ1) is 27.6. The van der Waals surface area contributed by atoms with Crippen molar-refractivity contribution >= 4 is 11.9 Å². The smallest absolute Gasteiger partial charge is 0.338 e. The number of carbonyl (C=O) groups is 2. The van der Waals surface area contributed by atoms with Gasteiger partial charge in [-0.2, -0.15) is 0 Å². The highest BCUT2D eigenvalue weighted by molar-refractivity contribution is 5.90. The van der Waals surface area contributed by atoms with Crippen LogP contribution in [-0.4, -0.2) is 31.8 Å². The molecule has 0 aliphatic rings. The second kappa shape index (κ2) is 15.3. The van der Waals surface area contributed by atoms with Gasteiger partial charge in [0.15, 0.2) is 0 Å². The zero-order valence-corrected chi connectivity index (χ0v) is 21.2. The maximum Gasteiger partial charge on any atom is 0.338 e. The van der Waals surface area contributed by atoms with Gasteiger partial charge in [-0.1, -0.05) is 83.6 Å². The monoisotopic (exact) mass is 468 g/mol. The fourth-order valence-corrected chi connectivity index (χ4v) is 3.71. The fraction of sp³-hybridized carbons (Fsp3) is 0.517. The molecule has 0 aromatic heterocycles. The molecule has 0 amide bonds. The van der Waals surface area contributed by atoms with Crippen LogP contribution in [0.2, 0.25) is 0 Å². The highest BCUT2D eigenvalue weighted by Gasteiger charge is 2.18. The van der Waals surface area contributed by atoms with E-state index in [9.17, 15) is 9.59 Å². The van der Waals surface area contributed by atoms with Crippen LogP contribution in [-0.2, 0) is 14.3 Å². The number of rotatable bonds is 15. The Balaban J connectivity index is 1.83. The van der Waals surface area contributed by atoms with Crippen LogP contribution in [0.1, 0.15) is 82.5 Å². The molecule has 0 saturated heterocycles. The summed E-state index contributed by atoms with van der Waals surface area (Å²) in [6, 6.07) is 14.7. The van der Waals surface area contributed by atoms with Crippen LogP contribution in [0.3, 0.4) is 0 Å². The highest BCUT2D eigenvalue weighted by Crippen LogP contribution is 2.24. The van der Waals surface area contributed by atoms with Gasteiger partial charge in [-0.15, -0.1) is 0 Å². The molecule has 0 spiro atoms. The molecule has 0 saturated carbocycles. The summed E-state index contributed by atoms with van der Waals surface area (Å²) >= 11 is 0. The first-order valence-electron chi connectivity index (χ1n) is 12.6. The predicted molar refractivity (Wildman–Crippen MR) is 136 cm³/mol. The minimum Gasteiger partial charge on any atom is -0.459 e. The van der Waals surface area contributed by atoms with Crippen LogP contribution in [0.15, 0.2) is 48.5 Å². The van der Waals surface area contributed by atoms with Crippen LogP contribution >= 0.6 is 0 Å². The molecule has 2 aromatic rings. The van der Waals surface area contributed by atoms with Gasteiger partial charge >= 0.3 is 11.9 Å². The standard InChI is InChI=1S/C29H40O5/c1-5-7-8-9-10-11-12-28(30)34-26-19-17-24(18-20-26)23-13-15-25(16-14-23)29(31)33-21-27(32-4)22(3)6-2/h13-20,22,27H,5-12,21H2,1-4H3. The first-order valence-corrected chi connectivity index (χ1v) is 12.6. The van der Waals surface area contributed by atoms with Crippen LogP contribution < -0.4 is 4.74 Å². The van der Waals surface area contributed by atoms with Gasteiger partial charge in [-0.3, -0.25) is 4.79 Å². The quantitative estimate of drug-likeness (QED) is 0.157. The van der Waals surface area contributed by atoms with Gasteiger partial charge in [0.25, 0.3) is 0 Å². The van der Waals surface area contributed by atoms with E-state index in [1.807, 2.05) is 24.3 Å². The number of hydrogen-bond acceptors (Lipinski definition) is 5. The van der Waals surface area contributed by atoms with E-state index in [1.54, 1.807) is 31.4 Å². The van der Waals surface area contributed by atoms with Crippen molar-refractivity contribution < 1.29 is 23.8 Å². The Kier molecular flexibility index (Phi) is 12.4. The van der Waals surface area contributed by atoms with E-state index in [4.69, 9.17) is 14.2 Å². The summed E-state index contributed by atoms with van der Waals surface area (Å²) in [5, 5.41) is 0. The van der Waals surface area contributed by atoms with Crippen molar-refractivity contribution in [3.63, 3.8) is 0 Å². The zero-order valence-electron chi connectivity index (χ0n) is 21.2. The summed E-state index contributed by atoms with van der Waals surface area (Å²) in [7, 11) is 1.64. The summed E-state index contributed by atoms with van der Waals surface area (Å²) in [6.07, 6.45) is 8.16. The maximum atomic E-state index is 12.4. The Morgan fingerprint density at radius 2 is 1.41 bits per heavy atom. The van der Waals surface area contributed by atoms with Gasteiger partial charge in [-0.25, -0.2) is 4.79 Å². The molecular formula is C29H40O5. The molecule has 0 aliphatic heterocycles. The Hall–Kier alpha value is -2.66. The number of hydrogen-bond donors (Lipinski definition) is 0. The largest absolute Gasteiger partial charge is 0.459 e. The van der Waals surface area contributed by atoms with E-state index < -0.39 is 0 Å². The number of esters is 2. The SMILES string of the molecule is CCCCCCCCC(=O)Oc1ccc(-c2ccc(C(=O)OCC(OC)C(C)CC)cc2)cc1. The highest BCUT2D eigenvalue weighted by atomic mass is 16.6. The van der Waals surface area contributed by atoms with Crippen molar-refractivity contribution in [2.45, 2.75) is 78.2 Å². The van der Waals surface area contributed by atoms with Gasteiger partial charge in [0, 0.05) is 13.5 Å². The molecule has 34 heavy (non-hydrogen) atoms. The van der Waals surface area contributed by atoms with Crippen molar-refractivity contribution in [3.05, 3.63) is 54.1 Å². The lowest BCUT2D eigenvalue weighted by Gasteiger charge is -2.21. The lowest BCUT2D eigenvalue weighted by atomic mass is 10.0. The minimum absolute atomic E-state index is 0.105. The fourth-order valence-electron chi connectivity index (χ4n) is 3.71. The second-order valence-corrected chi connectivity index (χ2v) is 8.85. The average molecular weight is 469 g/mol. The first-order chi connectivity index (χ1) is 16.5. The maximum absolute atomic E-state index is 12.4. The van der Waals surface area contributed by atoms with Gasteiger partial charge in [0.1, 0.15) is 12.4 Å². The number of carbonyl (C=O) groups excluding carboxylic acids is 2. The lowest BCUT2D eigenvalue weighted by Crippen LogP contribution is -2.27. The van der Waals surface area contributed by atoms with Crippen LogP contribution in [0, 0.1) is 5.92 Å². The molecule has 0 N–H and O–H groups in total. The van der Waals surface area contributed by atoms with Gasteiger partial charge < -0.3 is 14.2 Å². The second-order valence-electron chi connectivity index (χ2n) is 8.85. The number of benzene rings is 2. The van der Waals surface area contributed by atoms with E-state index in [2.05, 4.69) is 20.8 Å². The number of ether oxygens (including phenoxy) is 3. The minimum atomic E-state index is -0.357. The van der Waals surface area contributed by atoms with E-state index in [1.165, 1.54) is 25.7 Å². The van der Waals surface area contributed by atoms with E-state index >= 15 is 0 Å². The molecule has 5 nitrogen and oxygen atoms in total. The third-order valence-electron chi connectivity index (χ3n) is 6.23. The van der Waals surface area contributed by atoms with Gasteiger partial charge in [-0.05, 0) is 47.7 Å². The molecule has 0 fully saturated rings. The molecule has 0 heterocycles. The van der Waals surface area contributed by atoms with Crippen molar-refractivity contribution in [1.29, 1.82) is 0 Å². The molecule has 0 bridgehead atoms. The number of methoxy groups -OCH3 is 1. The molecule has 2 unspecified atom stereocenters. The zero-order chi connectivity index (χ0) is 24.8. The van der Waals surface area contributed by atoms with Gasteiger partial charge in [0.2, 0.25) is 0 Å². The summed E-state index contributed by atoms with van der Waals surface area (Å²) in [6.45, 7) is 6.61. The third-order valence-corrected chi connectivity index (χ3v) is 6.23. The van der Waals surface area contributed by atoms with Crippen molar-refractivity contribution in [2.24, 2.45) is 5.92 Å². The van der Waals surface area contributed by atoms with Crippen molar-refractivity contribution in [3.8, 4) is 16.9 Å². The summed E-state index contributed by atoms with van der Waals surface area (Å²) in [5.74, 6) is 0.326. The van der Waals surface area contributed by atoms with E-state index in [0.29, 0.717) is 23.7 Å². The van der Waals surface area contributed by atoms with E-state index in [-0.39, 0.29) is 24.6 Å². The Labute approximate surface area is 204 Å². The van der Waals surface area contributed by atoms with Crippen LogP contribution in [0.25, 0.3) is 11.1 Å². The Bertz CT molecular complexity index is 857. The normalized spacial score (nSPS) is 12.7. The molecule has 0 aliphatic carbocycles. The van der Waals surface area contributed by atoms with Crippen LogP contribution in [0.5, 0.6) is 5.75 Å². The molecule has 186 valence electrons. The summed E-state index contributed by atoms with van der Waals surface area (Å²) in [5.41, 5.74) is 2.45. The number of unbranched alkanes of at least 4 members (excludes halogenated alkanes) is 5. The lowest BCUT2D eigenvalue weighted by molar-refractivity contribution is -0.134. The molecule has 2 atom stereocenters. The van der Waals surface area contributed by atoms with Crippen molar-refractivity contribution in [2.75, 3.05) is 13.7 Å². The molecule has 2 rings (SSSR count). The summed E-state index contributed by atoms with van der Waals surface area (Å²) < 4.78 is 16.3. The molecule has 0 radical (unpaired) electrons. The Morgan fingerprint density at radius 3 is 2.00 bits per heavy atom. The molecule has 2 aromatic carbocycles. The predicted octanol–water partition coefficient (Wildman–Crippen LogP) is 7.23. The topological polar surface area (TPSA) is 61.8 Å².